The summed E-state index contributed by atoms with van der Waals surface area (Å²) in [5.74, 6) is 3.87. The molecule has 9 atom stereocenters. The van der Waals surface area contributed by atoms with Crippen LogP contribution in [0.1, 0.15) is 105 Å². The fraction of sp³-hybridized carbons (Fsp3) is 1.00. The number of rotatable bonds is 3. The highest BCUT2D eigenvalue weighted by Gasteiger charge is 2.43. The second-order valence-electron chi connectivity index (χ2n) is 12.4. The van der Waals surface area contributed by atoms with Crippen LogP contribution in [-0.2, 0) is 0 Å². The molecule has 0 N–H and O–H groups in total. The Bertz CT molecular complexity index is 531. The molecule has 0 heterocycles. The number of hydrogen-bond donors (Lipinski definition) is 1. The molecule has 3 saturated carbocycles. The van der Waals surface area contributed by atoms with Gasteiger partial charge in [-0.3, -0.25) is 4.39 Å². The topological polar surface area (TPSA) is 0 Å². The van der Waals surface area contributed by atoms with Crippen molar-refractivity contribution in [2.75, 3.05) is 12.4 Å². The maximum absolute atomic E-state index is 15.6. The molecule has 0 saturated heterocycles. The van der Waals surface area contributed by atoms with Gasteiger partial charge in [0.1, 0.15) is 6.17 Å². The van der Waals surface area contributed by atoms with E-state index < -0.39 is 18.8 Å². The van der Waals surface area contributed by atoms with Crippen LogP contribution in [0, 0.1) is 52.8 Å². The molecule has 0 amide bonds. The van der Waals surface area contributed by atoms with Crippen LogP contribution in [0.2, 0.25) is 0 Å². The molecule has 3 aliphatic carbocycles. The zero-order valence-corrected chi connectivity index (χ0v) is 21.7. The molecule has 3 rings (SSSR count). The highest BCUT2D eigenvalue weighted by molar-refractivity contribution is 7.80. The minimum atomic E-state index is -1.03. The Morgan fingerprint density at radius 3 is 2.13 bits per heavy atom. The number of halogens is 2. The van der Waals surface area contributed by atoms with Gasteiger partial charge in [-0.1, -0.05) is 59.8 Å². The predicted octanol–water partition coefficient (Wildman–Crippen LogP) is 8.94. The minimum absolute atomic E-state index is 0.103. The van der Waals surface area contributed by atoms with Gasteiger partial charge in [-0.05, 0) is 97.5 Å². The fourth-order valence-electron chi connectivity index (χ4n) is 8.34. The second kappa shape index (κ2) is 11.6. The third-order valence-electron chi connectivity index (χ3n) is 10.2. The van der Waals surface area contributed by atoms with Gasteiger partial charge in [0.25, 0.3) is 0 Å². The maximum Gasteiger partial charge on any atom is 0.106 e. The lowest BCUT2D eigenvalue weighted by Crippen LogP contribution is -2.40. The summed E-state index contributed by atoms with van der Waals surface area (Å²) in [5, 5.41) is 0. The Morgan fingerprint density at radius 2 is 1.52 bits per heavy atom. The summed E-state index contributed by atoms with van der Waals surface area (Å²) in [6.45, 7) is 8.92. The van der Waals surface area contributed by atoms with Crippen LogP contribution in [0.5, 0.6) is 0 Å². The van der Waals surface area contributed by atoms with Gasteiger partial charge >= 0.3 is 0 Å². The summed E-state index contributed by atoms with van der Waals surface area (Å²) in [6, 6.07) is 0. The Morgan fingerprint density at radius 1 is 0.839 bits per heavy atom. The molecular formula is C28H50F2S. The highest BCUT2D eigenvalue weighted by atomic mass is 32.1. The molecule has 3 heteroatoms. The van der Waals surface area contributed by atoms with E-state index in [1.165, 1.54) is 64.2 Å². The summed E-state index contributed by atoms with van der Waals surface area (Å²) in [5.41, 5.74) is 0.383. The van der Waals surface area contributed by atoms with Crippen molar-refractivity contribution in [3.63, 3.8) is 0 Å². The van der Waals surface area contributed by atoms with Crippen LogP contribution in [-0.4, -0.2) is 18.6 Å². The quantitative estimate of drug-likeness (QED) is 0.403. The van der Waals surface area contributed by atoms with E-state index in [4.69, 9.17) is 0 Å². The lowest BCUT2D eigenvalue weighted by atomic mass is 9.61. The standard InChI is InChI=1S/C28H50F2S/c1-19-13-25(24-10-6-5-9-20(24)2)21(3)22(4)26(17-29)27(30)14-23(18-31)16-28(15-19)11-7-8-12-28/h19-27,31H,5-18H2,1-4H3. The third-order valence-corrected chi connectivity index (χ3v) is 10.7. The third kappa shape index (κ3) is 6.21. The van der Waals surface area contributed by atoms with Gasteiger partial charge in [-0.2, -0.15) is 12.6 Å². The van der Waals surface area contributed by atoms with E-state index in [9.17, 15) is 4.39 Å². The van der Waals surface area contributed by atoms with Gasteiger partial charge in [0.15, 0.2) is 0 Å². The van der Waals surface area contributed by atoms with Crippen LogP contribution in [0.4, 0.5) is 8.78 Å². The van der Waals surface area contributed by atoms with Crippen LogP contribution in [0.25, 0.3) is 0 Å². The Balaban J connectivity index is 1.91. The molecule has 182 valence electrons. The van der Waals surface area contributed by atoms with Crippen molar-refractivity contribution in [1.29, 1.82) is 0 Å². The molecule has 31 heavy (non-hydrogen) atoms. The van der Waals surface area contributed by atoms with Gasteiger partial charge in [0.2, 0.25) is 0 Å². The summed E-state index contributed by atoms with van der Waals surface area (Å²) >= 11 is 4.63. The molecule has 0 aromatic heterocycles. The normalized spacial score (nSPS) is 45.2. The van der Waals surface area contributed by atoms with Gasteiger partial charge in [-0.25, -0.2) is 4.39 Å². The summed E-state index contributed by atoms with van der Waals surface area (Å²) < 4.78 is 29.9. The first-order valence-corrected chi connectivity index (χ1v) is 14.2. The van der Waals surface area contributed by atoms with Crippen molar-refractivity contribution in [1.82, 2.24) is 0 Å². The van der Waals surface area contributed by atoms with Crippen LogP contribution >= 0.6 is 12.6 Å². The zero-order valence-electron chi connectivity index (χ0n) is 20.8. The molecule has 1 spiro atoms. The van der Waals surface area contributed by atoms with E-state index in [1.807, 2.05) is 0 Å². The van der Waals surface area contributed by atoms with Crippen molar-refractivity contribution in [3.05, 3.63) is 0 Å². The average molecular weight is 457 g/mol. The van der Waals surface area contributed by atoms with E-state index in [2.05, 4.69) is 40.3 Å². The Labute approximate surface area is 197 Å². The van der Waals surface area contributed by atoms with Crippen molar-refractivity contribution in [2.24, 2.45) is 52.8 Å². The van der Waals surface area contributed by atoms with Gasteiger partial charge in [0.05, 0.1) is 6.67 Å². The van der Waals surface area contributed by atoms with Crippen molar-refractivity contribution < 1.29 is 8.78 Å². The predicted molar refractivity (Wildman–Crippen MR) is 133 cm³/mol. The van der Waals surface area contributed by atoms with Crippen molar-refractivity contribution in [2.45, 2.75) is 111 Å². The van der Waals surface area contributed by atoms with E-state index in [1.54, 1.807) is 0 Å². The van der Waals surface area contributed by atoms with Crippen LogP contribution < -0.4 is 0 Å². The van der Waals surface area contributed by atoms with Gasteiger partial charge < -0.3 is 0 Å². The highest BCUT2D eigenvalue weighted by Crippen LogP contribution is 2.52. The van der Waals surface area contributed by atoms with E-state index in [0.29, 0.717) is 29.6 Å². The maximum atomic E-state index is 15.6. The first-order valence-electron chi connectivity index (χ1n) is 13.6. The van der Waals surface area contributed by atoms with E-state index >= 15 is 4.39 Å². The minimum Gasteiger partial charge on any atom is -0.251 e. The monoisotopic (exact) mass is 456 g/mol. The Hall–Kier alpha value is 0.210. The van der Waals surface area contributed by atoms with Gasteiger partial charge in [0, 0.05) is 5.92 Å². The molecule has 9 unspecified atom stereocenters. The van der Waals surface area contributed by atoms with Crippen molar-refractivity contribution in [3.8, 4) is 0 Å². The number of thiol groups is 1. The number of alkyl halides is 2. The second-order valence-corrected chi connectivity index (χ2v) is 12.7. The van der Waals surface area contributed by atoms with Crippen LogP contribution in [0.15, 0.2) is 0 Å². The molecular weight excluding hydrogens is 406 g/mol. The smallest absolute Gasteiger partial charge is 0.106 e. The Kier molecular flexibility index (Phi) is 9.63. The number of hydrogen-bond acceptors (Lipinski definition) is 1. The van der Waals surface area contributed by atoms with E-state index in [0.717, 1.165) is 24.0 Å². The molecule has 0 aromatic rings. The fourth-order valence-corrected chi connectivity index (χ4v) is 8.62. The van der Waals surface area contributed by atoms with Crippen LogP contribution in [0.3, 0.4) is 0 Å². The summed E-state index contributed by atoms with van der Waals surface area (Å²) in [4.78, 5) is 0. The first-order chi connectivity index (χ1) is 14.8. The van der Waals surface area contributed by atoms with E-state index in [-0.39, 0.29) is 11.8 Å². The summed E-state index contributed by atoms with van der Waals surface area (Å²) in [6.07, 6.45) is 13.8. The first kappa shape index (κ1) is 25.8. The lowest BCUT2D eigenvalue weighted by molar-refractivity contribution is 0.0188. The molecule has 0 nitrogen and oxygen atoms in total. The molecule has 0 aliphatic heterocycles. The molecule has 0 bridgehead atoms. The molecule has 3 fully saturated rings. The molecule has 3 aliphatic rings. The van der Waals surface area contributed by atoms with Gasteiger partial charge in [-0.15, -0.1) is 0 Å². The zero-order chi connectivity index (χ0) is 22.6. The SMILES string of the molecule is CC1CC(C2CCCCC2C)C(C)C(C)C(CF)C(F)CC(CS)CC2(CCCC2)C1. The molecule has 0 radical (unpaired) electrons. The largest absolute Gasteiger partial charge is 0.251 e. The lowest BCUT2D eigenvalue weighted by Gasteiger charge is -2.45. The summed E-state index contributed by atoms with van der Waals surface area (Å²) in [7, 11) is 0. The molecule has 0 aromatic carbocycles. The van der Waals surface area contributed by atoms with Crippen molar-refractivity contribution >= 4 is 12.6 Å². The average Bonchev–Trinajstić information content (AvgIpc) is 3.19.